The summed E-state index contributed by atoms with van der Waals surface area (Å²) in [4.78, 5) is 23.7. The van der Waals surface area contributed by atoms with Crippen molar-refractivity contribution in [1.82, 2.24) is 0 Å². The van der Waals surface area contributed by atoms with Gasteiger partial charge in [-0.3, -0.25) is 9.59 Å². The molecule has 126 valence electrons. The first kappa shape index (κ1) is 18.0. The number of esters is 1. The summed E-state index contributed by atoms with van der Waals surface area (Å²) in [5, 5.41) is 3.08. The van der Waals surface area contributed by atoms with E-state index in [2.05, 4.69) is 5.32 Å². The van der Waals surface area contributed by atoms with Gasteiger partial charge in [0.1, 0.15) is 0 Å². The Kier molecular flexibility index (Phi) is 6.38. The Balaban J connectivity index is 1.80. The van der Waals surface area contributed by atoms with Gasteiger partial charge in [-0.2, -0.15) is 0 Å². The summed E-state index contributed by atoms with van der Waals surface area (Å²) < 4.78 is 5.04. The van der Waals surface area contributed by atoms with Crippen molar-refractivity contribution in [2.24, 2.45) is 0 Å². The van der Waals surface area contributed by atoms with Gasteiger partial charge in [-0.15, -0.1) is 0 Å². The van der Waals surface area contributed by atoms with E-state index in [0.717, 1.165) is 11.1 Å². The first-order chi connectivity index (χ1) is 11.5. The SMILES string of the molecule is Cc1ccc(NC(=O)COC(=O)CC(C)c2ccccc2)c(Cl)c1. The summed E-state index contributed by atoms with van der Waals surface area (Å²) in [6.07, 6.45) is 0.225. The summed E-state index contributed by atoms with van der Waals surface area (Å²) in [6.45, 7) is 3.53. The van der Waals surface area contributed by atoms with Crippen LogP contribution in [0.3, 0.4) is 0 Å². The van der Waals surface area contributed by atoms with Crippen molar-refractivity contribution in [1.29, 1.82) is 0 Å². The van der Waals surface area contributed by atoms with E-state index in [4.69, 9.17) is 16.3 Å². The van der Waals surface area contributed by atoms with Crippen molar-refractivity contribution in [3.05, 3.63) is 64.7 Å². The number of hydrogen-bond donors (Lipinski definition) is 1. The minimum atomic E-state index is -0.415. The van der Waals surface area contributed by atoms with Crippen LogP contribution in [0.25, 0.3) is 0 Å². The van der Waals surface area contributed by atoms with Crippen LogP contribution in [0, 0.1) is 6.92 Å². The van der Waals surface area contributed by atoms with Gasteiger partial charge < -0.3 is 10.1 Å². The molecule has 1 N–H and O–H groups in total. The Labute approximate surface area is 146 Å². The summed E-state index contributed by atoms with van der Waals surface area (Å²) in [5.74, 6) is -0.786. The lowest BCUT2D eigenvalue weighted by Gasteiger charge is -2.12. The molecule has 0 bridgehead atoms. The smallest absolute Gasteiger partial charge is 0.306 e. The number of nitrogens with one attached hydrogen (secondary N) is 1. The van der Waals surface area contributed by atoms with Crippen LogP contribution in [0.2, 0.25) is 5.02 Å². The van der Waals surface area contributed by atoms with E-state index in [-0.39, 0.29) is 18.9 Å². The zero-order chi connectivity index (χ0) is 17.5. The van der Waals surface area contributed by atoms with E-state index >= 15 is 0 Å². The number of amides is 1. The number of carbonyl (C=O) groups is 2. The van der Waals surface area contributed by atoms with Gasteiger partial charge in [-0.25, -0.2) is 0 Å². The molecule has 0 aromatic heterocycles. The van der Waals surface area contributed by atoms with Crippen molar-refractivity contribution < 1.29 is 14.3 Å². The molecule has 1 unspecified atom stereocenters. The van der Waals surface area contributed by atoms with E-state index in [9.17, 15) is 9.59 Å². The fraction of sp³-hybridized carbons (Fsp3) is 0.263. The first-order valence-corrected chi connectivity index (χ1v) is 8.10. The average molecular weight is 346 g/mol. The molecule has 2 aromatic rings. The molecule has 0 spiro atoms. The molecule has 2 aromatic carbocycles. The molecule has 2 rings (SSSR count). The van der Waals surface area contributed by atoms with Gasteiger partial charge in [0.15, 0.2) is 6.61 Å². The Morgan fingerprint density at radius 1 is 1.17 bits per heavy atom. The number of rotatable bonds is 6. The highest BCUT2D eigenvalue weighted by Gasteiger charge is 2.14. The van der Waals surface area contributed by atoms with Crippen molar-refractivity contribution in [3.8, 4) is 0 Å². The minimum Gasteiger partial charge on any atom is -0.456 e. The molecule has 0 radical (unpaired) electrons. The molecular formula is C19H20ClNO3. The second kappa shape index (κ2) is 8.50. The molecule has 0 aliphatic carbocycles. The van der Waals surface area contributed by atoms with Gasteiger partial charge >= 0.3 is 5.97 Å². The van der Waals surface area contributed by atoms with Crippen LogP contribution < -0.4 is 5.32 Å². The second-order valence-electron chi connectivity index (χ2n) is 5.71. The van der Waals surface area contributed by atoms with Crippen LogP contribution in [-0.2, 0) is 14.3 Å². The highest BCUT2D eigenvalue weighted by Crippen LogP contribution is 2.22. The Morgan fingerprint density at radius 2 is 1.88 bits per heavy atom. The summed E-state index contributed by atoms with van der Waals surface area (Å²) in [6, 6.07) is 15.0. The fourth-order valence-electron chi connectivity index (χ4n) is 2.26. The molecule has 0 fully saturated rings. The standard InChI is InChI=1S/C19H20ClNO3/c1-13-8-9-17(16(20)10-13)21-18(22)12-24-19(23)11-14(2)15-6-4-3-5-7-15/h3-10,14H,11-12H2,1-2H3,(H,21,22). The lowest BCUT2D eigenvalue weighted by Crippen LogP contribution is -2.21. The average Bonchev–Trinajstić information content (AvgIpc) is 2.56. The van der Waals surface area contributed by atoms with Gasteiger partial charge in [0, 0.05) is 0 Å². The summed E-state index contributed by atoms with van der Waals surface area (Å²) in [5.41, 5.74) is 2.56. The third-order valence-corrected chi connectivity index (χ3v) is 3.92. The highest BCUT2D eigenvalue weighted by molar-refractivity contribution is 6.33. The quantitative estimate of drug-likeness (QED) is 0.793. The number of aryl methyl sites for hydroxylation is 1. The first-order valence-electron chi connectivity index (χ1n) is 7.72. The molecule has 0 aliphatic rings. The van der Waals surface area contributed by atoms with Crippen LogP contribution in [0.1, 0.15) is 30.4 Å². The third kappa shape index (κ3) is 5.39. The van der Waals surface area contributed by atoms with Crippen LogP contribution in [-0.4, -0.2) is 18.5 Å². The molecule has 5 heteroatoms. The van der Waals surface area contributed by atoms with Gasteiger partial charge in [0.2, 0.25) is 0 Å². The van der Waals surface area contributed by atoms with Crippen molar-refractivity contribution in [3.63, 3.8) is 0 Å². The van der Waals surface area contributed by atoms with Crippen LogP contribution in [0.15, 0.2) is 48.5 Å². The maximum atomic E-state index is 11.9. The van der Waals surface area contributed by atoms with Crippen molar-refractivity contribution in [2.45, 2.75) is 26.2 Å². The van der Waals surface area contributed by atoms with Crippen LogP contribution >= 0.6 is 11.6 Å². The Hall–Kier alpha value is -2.33. The minimum absolute atomic E-state index is 0.0355. The van der Waals surface area contributed by atoms with Crippen molar-refractivity contribution >= 4 is 29.2 Å². The third-order valence-electron chi connectivity index (χ3n) is 3.60. The predicted molar refractivity (Wildman–Crippen MR) is 95.3 cm³/mol. The van der Waals surface area contributed by atoms with Gasteiger partial charge in [0.05, 0.1) is 17.1 Å². The summed E-state index contributed by atoms with van der Waals surface area (Å²) >= 11 is 6.05. The van der Waals surface area contributed by atoms with E-state index in [1.165, 1.54) is 0 Å². The highest BCUT2D eigenvalue weighted by atomic mass is 35.5. The normalized spacial score (nSPS) is 11.6. The van der Waals surface area contributed by atoms with Gasteiger partial charge in [-0.1, -0.05) is 54.9 Å². The predicted octanol–water partition coefficient (Wildman–Crippen LogP) is 4.32. The molecule has 1 amide bonds. The number of anilines is 1. The van der Waals surface area contributed by atoms with Gasteiger partial charge in [-0.05, 0) is 36.1 Å². The monoisotopic (exact) mass is 345 g/mol. The molecular weight excluding hydrogens is 326 g/mol. The number of hydrogen-bond acceptors (Lipinski definition) is 3. The van der Waals surface area contributed by atoms with E-state index in [0.29, 0.717) is 10.7 Å². The summed E-state index contributed by atoms with van der Waals surface area (Å²) in [7, 11) is 0. The number of benzene rings is 2. The Morgan fingerprint density at radius 3 is 2.54 bits per heavy atom. The lowest BCUT2D eigenvalue weighted by molar-refractivity contribution is -0.147. The molecule has 0 saturated carbocycles. The molecule has 4 nitrogen and oxygen atoms in total. The number of halogens is 1. The number of carbonyl (C=O) groups excluding carboxylic acids is 2. The second-order valence-corrected chi connectivity index (χ2v) is 6.12. The molecule has 24 heavy (non-hydrogen) atoms. The van der Waals surface area contributed by atoms with Gasteiger partial charge in [0.25, 0.3) is 5.91 Å². The number of ether oxygens (including phenoxy) is 1. The van der Waals surface area contributed by atoms with Crippen LogP contribution in [0.5, 0.6) is 0 Å². The molecule has 0 saturated heterocycles. The van der Waals surface area contributed by atoms with Crippen molar-refractivity contribution in [2.75, 3.05) is 11.9 Å². The van der Waals surface area contributed by atoms with E-state index < -0.39 is 11.9 Å². The van der Waals surface area contributed by atoms with E-state index in [1.807, 2.05) is 50.2 Å². The maximum absolute atomic E-state index is 11.9. The fourth-order valence-corrected chi connectivity index (χ4v) is 2.54. The molecule has 0 heterocycles. The van der Waals surface area contributed by atoms with E-state index in [1.54, 1.807) is 12.1 Å². The largest absolute Gasteiger partial charge is 0.456 e. The zero-order valence-corrected chi connectivity index (χ0v) is 14.5. The molecule has 0 aliphatic heterocycles. The van der Waals surface area contributed by atoms with Crippen LogP contribution in [0.4, 0.5) is 5.69 Å². The maximum Gasteiger partial charge on any atom is 0.306 e. The Bertz CT molecular complexity index is 716. The topological polar surface area (TPSA) is 55.4 Å². The lowest BCUT2D eigenvalue weighted by atomic mass is 9.98. The molecule has 1 atom stereocenters. The zero-order valence-electron chi connectivity index (χ0n) is 13.7.